The van der Waals surface area contributed by atoms with E-state index in [0.29, 0.717) is 0 Å². The van der Waals surface area contributed by atoms with E-state index in [0.717, 1.165) is 24.2 Å². The van der Waals surface area contributed by atoms with Crippen molar-refractivity contribution in [1.82, 2.24) is 5.32 Å². The molecule has 0 spiro atoms. The molecule has 0 bridgehead atoms. The summed E-state index contributed by atoms with van der Waals surface area (Å²) >= 11 is 0. The summed E-state index contributed by atoms with van der Waals surface area (Å²) in [6.45, 7) is 9.23. The molecule has 16 heavy (non-hydrogen) atoms. The maximum Gasteiger partial charge on any atom is -0.00145 e. The van der Waals surface area contributed by atoms with Gasteiger partial charge in [0.1, 0.15) is 0 Å². The fourth-order valence-corrected chi connectivity index (χ4v) is 2.55. The van der Waals surface area contributed by atoms with Crippen molar-refractivity contribution < 1.29 is 0 Å². The van der Waals surface area contributed by atoms with Crippen molar-refractivity contribution in [2.45, 2.75) is 27.2 Å². The van der Waals surface area contributed by atoms with Gasteiger partial charge in [-0.1, -0.05) is 43.7 Å². The van der Waals surface area contributed by atoms with Gasteiger partial charge in [0.05, 0.1) is 0 Å². The molecule has 1 heterocycles. The van der Waals surface area contributed by atoms with Gasteiger partial charge in [0, 0.05) is 0 Å². The first kappa shape index (κ1) is 11.7. The van der Waals surface area contributed by atoms with Gasteiger partial charge in [-0.3, -0.25) is 0 Å². The van der Waals surface area contributed by atoms with Gasteiger partial charge >= 0.3 is 0 Å². The first-order valence-corrected chi connectivity index (χ1v) is 6.48. The van der Waals surface area contributed by atoms with Crippen LogP contribution in [0.15, 0.2) is 24.3 Å². The SMILES string of the molecule is CC1C2CNCC12.CCc1ccc(C)cc1. The van der Waals surface area contributed by atoms with Gasteiger partial charge in [-0.15, -0.1) is 0 Å². The minimum Gasteiger partial charge on any atom is -0.316 e. The summed E-state index contributed by atoms with van der Waals surface area (Å²) < 4.78 is 0. The van der Waals surface area contributed by atoms with Crippen LogP contribution in [0.4, 0.5) is 0 Å². The zero-order chi connectivity index (χ0) is 11.5. The lowest BCUT2D eigenvalue weighted by Gasteiger charge is -1.94. The summed E-state index contributed by atoms with van der Waals surface area (Å²) in [6, 6.07) is 8.66. The summed E-state index contributed by atoms with van der Waals surface area (Å²) in [4.78, 5) is 0. The van der Waals surface area contributed by atoms with Crippen molar-refractivity contribution >= 4 is 0 Å². The molecule has 1 heteroatoms. The molecule has 2 aliphatic rings. The second kappa shape index (κ2) is 5.01. The highest BCUT2D eigenvalue weighted by molar-refractivity contribution is 5.20. The molecule has 1 aliphatic carbocycles. The molecule has 1 aliphatic heterocycles. The van der Waals surface area contributed by atoms with E-state index >= 15 is 0 Å². The smallest absolute Gasteiger partial charge is 0.00145 e. The monoisotopic (exact) mass is 217 g/mol. The van der Waals surface area contributed by atoms with E-state index in [4.69, 9.17) is 0 Å². The highest BCUT2D eigenvalue weighted by atomic mass is 15.0. The fraction of sp³-hybridized carbons (Fsp3) is 0.600. The normalized spacial score (nSPS) is 30.3. The Morgan fingerprint density at radius 1 is 1.12 bits per heavy atom. The van der Waals surface area contributed by atoms with Crippen molar-refractivity contribution in [1.29, 1.82) is 0 Å². The van der Waals surface area contributed by atoms with Crippen molar-refractivity contribution in [3.63, 3.8) is 0 Å². The molecule has 1 saturated heterocycles. The third kappa shape index (κ3) is 2.65. The maximum absolute atomic E-state index is 3.35. The lowest BCUT2D eigenvalue weighted by molar-refractivity contribution is 0.634. The zero-order valence-corrected chi connectivity index (χ0v) is 10.7. The Morgan fingerprint density at radius 2 is 1.69 bits per heavy atom. The van der Waals surface area contributed by atoms with Gasteiger partial charge in [-0.05, 0) is 49.8 Å². The Bertz CT molecular complexity index is 318. The van der Waals surface area contributed by atoms with E-state index in [-0.39, 0.29) is 0 Å². The minimum atomic E-state index is 1.06. The average molecular weight is 217 g/mol. The van der Waals surface area contributed by atoms with Crippen LogP contribution in [0.2, 0.25) is 0 Å². The first-order valence-electron chi connectivity index (χ1n) is 6.48. The molecule has 2 unspecified atom stereocenters. The highest BCUT2D eigenvalue weighted by Crippen LogP contribution is 2.47. The molecule has 3 rings (SSSR count). The van der Waals surface area contributed by atoms with Crippen LogP contribution in [0.1, 0.15) is 25.0 Å². The second-order valence-electron chi connectivity index (χ2n) is 5.18. The lowest BCUT2D eigenvalue weighted by atomic mass is 10.1. The molecule has 0 amide bonds. The van der Waals surface area contributed by atoms with Gasteiger partial charge in [-0.25, -0.2) is 0 Å². The molecule has 0 radical (unpaired) electrons. The Hall–Kier alpha value is -0.820. The molecule has 2 fully saturated rings. The van der Waals surface area contributed by atoms with Crippen LogP contribution in [-0.4, -0.2) is 13.1 Å². The van der Waals surface area contributed by atoms with E-state index in [1.807, 2.05) is 0 Å². The molecule has 1 saturated carbocycles. The molecule has 2 atom stereocenters. The van der Waals surface area contributed by atoms with Crippen LogP contribution in [0, 0.1) is 24.7 Å². The Labute approximate surface area is 99.3 Å². The predicted octanol–water partition coefficient (Wildman–Crippen LogP) is 3.03. The van der Waals surface area contributed by atoms with Gasteiger partial charge in [0.25, 0.3) is 0 Å². The van der Waals surface area contributed by atoms with Crippen LogP contribution in [0.5, 0.6) is 0 Å². The number of hydrogen-bond donors (Lipinski definition) is 1. The minimum absolute atomic E-state index is 1.06. The topological polar surface area (TPSA) is 12.0 Å². The molecule has 1 aromatic carbocycles. The number of benzene rings is 1. The van der Waals surface area contributed by atoms with E-state index in [1.165, 1.54) is 24.2 Å². The quantitative estimate of drug-likeness (QED) is 0.762. The summed E-state index contributed by atoms with van der Waals surface area (Å²) in [5.74, 6) is 3.20. The summed E-state index contributed by atoms with van der Waals surface area (Å²) in [5.41, 5.74) is 2.76. The van der Waals surface area contributed by atoms with E-state index < -0.39 is 0 Å². The molecule has 88 valence electrons. The summed E-state index contributed by atoms with van der Waals surface area (Å²) in [5, 5.41) is 3.35. The van der Waals surface area contributed by atoms with Crippen molar-refractivity contribution in [3.05, 3.63) is 35.4 Å². The highest BCUT2D eigenvalue weighted by Gasteiger charge is 2.49. The van der Waals surface area contributed by atoms with Crippen molar-refractivity contribution in [2.24, 2.45) is 17.8 Å². The molecular formula is C15H23N. The molecule has 1 nitrogen and oxygen atoms in total. The van der Waals surface area contributed by atoms with Gasteiger partial charge < -0.3 is 5.32 Å². The number of aryl methyl sites for hydroxylation is 2. The second-order valence-corrected chi connectivity index (χ2v) is 5.18. The van der Waals surface area contributed by atoms with Crippen LogP contribution in [-0.2, 0) is 6.42 Å². The van der Waals surface area contributed by atoms with Gasteiger partial charge in [0.2, 0.25) is 0 Å². The summed E-state index contributed by atoms with van der Waals surface area (Å²) in [6.07, 6.45) is 1.14. The Morgan fingerprint density at radius 3 is 2.06 bits per heavy atom. The molecule has 0 aromatic heterocycles. The lowest BCUT2D eigenvalue weighted by Crippen LogP contribution is -2.13. The Kier molecular flexibility index (Phi) is 3.65. The van der Waals surface area contributed by atoms with Gasteiger partial charge in [-0.2, -0.15) is 0 Å². The van der Waals surface area contributed by atoms with Crippen molar-refractivity contribution in [3.8, 4) is 0 Å². The predicted molar refractivity (Wildman–Crippen MR) is 69.6 cm³/mol. The van der Waals surface area contributed by atoms with Crippen LogP contribution in [0.3, 0.4) is 0 Å². The third-order valence-electron chi connectivity index (χ3n) is 4.05. The van der Waals surface area contributed by atoms with E-state index in [9.17, 15) is 0 Å². The molecule has 1 N–H and O–H groups in total. The third-order valence-corrected chi connectivity index (χ3v) is 4.05. The van der Waals surface area contributed by atoms with Crippen LogP contribution < -0.4 is 5.32 Å². The summed E-state index contributed by atoms with van der Waals surface area (Å²) in [7, 11) is 0. The van der Waals surface area contributed by atoms with Crippen LogP contribution in [0.25, 0.3) is 0 Å². The maximum atomic E-state index is 3.35. The number of hydrogen-bond acceptors (Lipinski definition) is 1. The zero-order valence-electron chi connectivity index (χ0n) is 10.7. The van der Waals surface area contributed by atoms with Gasteiger partial charge in [0.15, 0.2) is 0 Å². The molecular weight excluding hydrogens is 194 g/mol. The average Bonchev–Trinajstić information content (AvgIpc) is 2.76. The van der Waals surface area contributed by atoms with E-state index in [1.54, 1.807) is 0 Å². The number of nitrogens with one attached hydrogen (secondary N) is 1. The van der Waals surface area contributed by atoms with Crippen molar-refractivity contribution in [2.75, 3.05) is 13.1 Å². The number of piperidine rings is 1. The first-order chi connectivity index (χ1) is 7.72. The standard InChI is InChI=1S/C9H12.C6H11N/c1-3-9-6-4-8(2)5-7-9;1-4-5-2-7-3-6(4)5/h4-7H,3H2,1-2H3;4-7H,2-3H2,1H3. The fourth-order valence-electron chi connectivity index (χ4n) is 2.55. The largest absolute Gasteiger partial charge is 0.316 e. The molecule has 1 aromatic rings. The van der Waals surface area contributed by atoms with E-state index in [2.05, 4.69) is 50.4 Å². The number of rotatable bonds is 1. The Balaban J connectivity index is 0.000000123. The van der Waals surface area contributed by atoms with Crippen LogP contribution >= 0.6 is 0 Å². The number of fused-ring (bicyclic) bond motifs is 1.